The van der Waals surface area contributed by atoms with Crippen molar-refractivity contribution in [3.8, 4) is 0 Å². The second kappa shape index (κ2) is 5.72. The summed E-state index contributed by atoms with van der Waals surface area (Å²) < 4.78 is 0. The van der Waals surface area contributed by atoms with Gasteiger partial charge in [0.1, 0.15) is 5.92 Å². The van der Waals surface area contributed by atoms with Crippen LogP contribution in [0, 0.1) is 17.3 Å². The molecule has 0 aliphatic carbocycles. The molecule has 1 fully saturated rings. The summed E-state index contributed by atoms with van der Waals surface area (Å²) in [6, 6.07) is 0. The topological polar surface area (TPSA) is 57.6 Å². The number of carbonyl (C=O) groups excluding carboxylic acids is 1. The summed E-state index contributed by atoms with van der Waals surface area (Å²) in [5, 5.41) is 9.26. The van der Waals surface area contributed by atoms with Gasteiger partial charge in [0.15, 0.2) is 0 Å². The summed E-state index contributed by atoms with van der Waals surface area (Å²) in [5.41, 5.74) is -0.536. The third-order valence-electron chi connectivity index (χ3n) is 3.65. The Morgan fingerprint density at radius 3 is 2.44 bits per heavy atom. The Balaban J connectivity index is 2.71. The third kappa shape index (κ3) is 3.47. The lowest BCUT2D eigenvalue weighted by Gasteiger charge is -2.29. The van der Waals surface area contributed by atoms with Crippen LogP contribution in [-0.2, 0) is 9.59 Å². The van der Waals surface area contributed by atoms with Gasteiger partial charge in [-0.2, -0.15) is 0 Å². The molecule has 4 heteroatoms. The van der Waals surface area contributed by atoms with E-state index >= 15 is 0 Å². The van der Waals surface area contributed by atoms with E-state index in [0.717, 1.165) is 25.8 Å². The molecule has 0 bridgehead atoms. The molecule has 2 atom stereocenters. The predicted octanol–water partition coefficient (Wildman–Crippen LogP) is 2.38. The van der Waals surface area contributed by atoms with Crippen molar-refractivity contribution in [1.82, 2.24) is 4.90 Å². The Morgan fingerprint density at radius 2 is 2.00 bits per heavy atom. The van der Waals surface area contributed by atoms with E-state index in [-0.39, 0.29) is 5.91 Å². The van der Waals surface area contributed by atoms with Crippen molar-refractivity contribution in [2.75, 3.05) is 13.1 Å². The Labute approximate surface area is 109 Å². The number of nitrogens with zero attached hydrogens (tertiary/aromatic N) is 1. The van der Waals surface area contributed by atoms with Crippen LogP contribution in [0.3, 0.4) is 0 Å². The van der Waals surface area contributed by atoms with E-state index in [2.05, 4.69) is 6.92 Å². The highest BCUT2D eigenvalue weighted by atomic mass is 16.4. The van der Waals surface area contributed by atoms with Gasteiger partial charge in [-0.3, -0.25) is 9.59 Å². The average molecular weight is 255 g/mol. The quantitative estimate of drug-likeness (QED) is 0.785. The zero-order valence-corrected chi connectivity index (χ0v) is 11.9. The molecule has 0 spiro atoms. The summed E-state index contributed by atoms with van der Waals surface area (Å²) in [6.45, 7) is 9.01. The maximum absolute atomic E-state index is 12.3. The highest BCUT2D eigenvalue weighted by Gasteiger charge is 2.41. The summed E-state index contributed by atoms with van der Waals surface area (Å²) in [5.74, 6) is -1.61. The van der Waals surface area contributed by atoms with E-state index in [4.69, 9.17) is 0 Å². The van der Waals surface area contributed by atoms with Crippen molar-refractivity contribution < 1.29 is 14.7 Å². The van der Waals surface area contributed by atoms with E-state index in [1.54, 1.807) is 4.90 Å². The Morgan fingerprint density at radius 1 is 1.39 bits per heavy atom. The minimum Gasteiger partial charge on any atom is -0.481 e. The summed E-state index contributed by atoms with van der Waals surface area (Å²) in [6.07, 6.45) is 3.25. The SMILES string of the molecule is CCCC1CCN(C(=O)C(C(=O)O)C(C)(C)C)C1. The zero-order valence-electron chi connectivity index (χ0n) is 11.9. The van der Waals surface area contributed by atoms with E-state index in [9.17, 15) is 14.7 Å². The number of carbonyl (C=O) groups is 2. The number of likely N-dealkylation sites (tertiary alicyclic amines) is 1. The van der Waals surface area contributed by atoms with Gasteiger partial charge in [-0.1, -0.05) is 34.1 Å². The normalized spacial score (nSPS) is 22.0. The minimum absolute atomic E-state index is 0.214. The van der Waals surface area contributed by atoms with Gasteiger partial charge in [-0.25, -0.2) is 0 Å². The van der Waals surface area contributed by atoms with Gasteiger partial charge in [-0.05, 0) is 24.2 Å². The molecular weight excluding hydrogens is 230 g/mol. The molecule has 1 heterocycles. The van der Waals surface area contributed by atoms with Gasteiger partial charge in [0.25, 0.3) is 0 Å². The average Bonchev–Trinajstić information content (AvgIpc) is 2.63. The van der Waals surface area contributed by atoms with Gasteiger partial charge in [-0.15, -0.1) is 0 Å². The summed E-state index contributed by atoms with van der Waals surface area (Å²) in [4.78, 5) is 25.4. The van der Waals surface area contributed by atoms with Crippen LogP contribution in [0.5, 0.6) is 0 Å². The molecule has 0 saturated carbocycles. The Kier molecular flexibility index (Phi) is 4.77. The second-order valence-electron chi connectivity index (χ2n) is 6.36. The van der Waals surface area contributed by atoms with Crippen LogP contribution in [0.4, 0.5) is 0 Å². The highest BCUT2D eigenvalue weighted by Crippen LogP contribution is 2.30. The summed E-state index contributed by atoms with van der Waals surface area (Å²) >= 11 is 0. The van der Waals surface area contributed by atoms with Crippen molar-refractivity contribution >= 4 is 11.9 Å². The van der Waals surface area contributed by atoms with Crippen LogP contribution in [0.25, 0.3) is 0 Å². The predicted molar refractivity (Wildman–Crippen MR) is 70.2 cm³/mol. The lowest BCUT2D eigenvalue weighted by Crippen LogP contribution is -2.44. The maximum Gasteiger partial charge on any atom is 0.316 e. The molecule has 0 aromatic rings. The fourth-order valence-corrected chi connectivity index (χ4v) is 2.71. The maximum atomic E-state index is 12.3. The lowest BCUT2D eigenvalue weighted by molar-refractivity contribution is -0.155. The van der Waals surface area contributed by atoms with Crippen LogP contribution in [0.15, 0.2) is 0 Å². The number of carboxylic acids is 1. The first kappa shape index (κ1) is 15.0. The first-order valence-corrected chi connectivity index (χ1v) is 6.79. The zero-order chi connectivity index (χ0) is 13.9. The van der Waals surface area contributed by atoms with Crippen LogP contribution in [-0.4, -0.2) is 35.0 Å². The number of aliphatic carboxylic acids is 1. The summed E-state index contributed by atoms with van der Waals surface area (Å²) in [7, 11) is 0. The van der Waals surface area contributed by atoms with Crippen molar-refractivity contribution in [3.63, 3.8) is 0 Å². The van der Waals surface area contributed by atoms with Crippen molar-refractivity contribution in [1.29, 1.82) is 0 Å². The van der Waals surface area contributed by atoms with Gasteiger partial charge >= 0.3 is 5.97 Å². The van der Waals surface area contributed by atoms with Gasteiger partial charge in [0.05, 0.1) is 0 Å². The first-order chi connectivity index (χ1) is 8.27. The molecule has 2 unspecified atom stereocenters. The van der Waals surface area contributed by atoms with Gasteiger partial charge in [0.2, 0.25) is 5.91 Å². The van der Waals surface area contributed by atoms with Crippen molar-refractivity contribution in [2.45, 2.75) is 47.0 Å². The molecule has 1 aliphatic heterocycles. The molecule has 104 valence electrons. The monoisotopic (exact) mass is 255 g/mol. The first-order valence-electron chi connectivity index (χ1n) is 6.79. The lowest BCUT2D eigenvalue weighted by atomic mass is 9.80. The third-order valence-corrected chi connectivity index (χ3v) is 3.65. The number of amides is 1. The van der Waals surface area contributed by atoms with Crippen LogP contribution < -0.4 is 0 Å². The fourth-order valence-electron chi connectivity index (χ4n) is 2.71. The Bertz CT molecular complexity index is 319. The molecule has 18 heavy (non-hydrogen) atoms. The van der Waals surface area contributed by atoms with E-state index in [0.29, 0.717) is 12.5 Å². The molecule has 1 saturated heterocycles. The molecule has 1 amide bonds. The molecule has 0 aromatic heterocycles. The van der Waals surface area contributed by atoms with Gasteiger partial charge in [0, 0.05) is 13.1 Å². The van der Waals surface area contributed by atoms with Crippen LogP contribution >= 0.6 is 0 Å². The molecule has 0 aromatic carbocycles. The number of rotatable bonds is 4. The van der Waals surface area contributed by atoms with E-state index in [1.807, 2.05) is 20.8 Å². The van der Waals surface area contributed by atoms with Crippen LogP contribution in [0.1, 0.15) is 47.0 Å². The number of hydrogen-bond donors (Lipinski definition) is 1. The Hall–Kier alpha value is -1.06. The van der Waals surface area contributed by atoms with E-state index in [1.165, 1.54) is 0 Å². The van der Waals surface area contributed by atoms with Crippen LogP contribution in [0.2, 0.25) is 0 Å². The van der Waals surface area contributed by atoms with Gasteiger partial charge < -0.3 is 10.0 Å². The smallest absolute Gasteiger partial charge is 0.316 e. The highest BCUT2D eigenvalue weighted by molar-refractivity contribution is 5.97. The molecule has 0 radical (unpaired) electrons. The van der Waals surface area contributed by atoms with Crippen molar-refractivity contribution in [3.05, 3.63) is 0 Å². The molecule has 1 rings (SSSR count). The molecular formula is C14H25NO3. The fraction of sp³-hybridized carbons (Fsp3) is 0.857. The van der Waals surface area contributed by atoms with Crippen molar-refractivity contribution in [2.24, 2.45) is 17.3 Å². The molecule has 1 aliphatic rings. The molecule has 4 nitrogen and oxygen atoms in total. The minimum atomic E-state index is -1.01. The number of hydrogen-bond acceptors (Lipinski definition) is 2. The number of carboxylic acid groups (broad SMARTS) is 1. The molecule has 1 N–H and O–H groups in total. The largest absolute Gasteiger partial charge is 0.481 e. The second-order valence-corrected chi connectivity index (χ2v) is 6.36. The van der Waals surface area contributed by atoms with E-state index < -0.39 is 17.3 Å². The standard InChI is InChI=1S/C14H25NO3/c1-5-6-10-7-8-15(9-10)12(16)11(13(17)18)14(2,3)4/h10-11H,5-9H2,1-4H3,(H,17,18).